The number of amides is 1. The number of thiazole rings is 1. The van der Waals surface area contributed by atoms with Crippen LogP contribution in [0.2, 0.25) is 0 Å². The van der Waals surface area contributed by atoms with Crippen LogP contribution in [0.15, 0.2) is 30.0 Å². The Balaban J connectivity index is 1.80. The molecule has 0 bridgehead atoms. The molecule has 0 saturated carbocycles. The summed E-state index contributed by atoms with van der Waals surface area (Å²) in [5, 5.41) is 6.00. The van der Waals surface area contributed by atoms with E-state index in [1.165, 1.54) is 38.3 Å². The van der Waals surface area contributed by atoms with Crippen molar-refractivity contribution in [1.29, 1.82) is 0 Å². The molecule has 2 N–H and O–H groups in total. The lowest BCUT2D eigenvalue weighted by Crippen LogP contribution is -2.42. The van der Waals surface area contributed by atoms with E-state index in [2.05, 4.69) is 15.6 Å². The topological polar surface area (TPSA) is 107 Å². The SMILES string of the molecule is CC(=O)Nc1nc2ccc(NC=C3C(=O)OC(C)(C)OC3=O)cc2s1. The van der Waals surface area contributed by atoms with Gasteiger partial charge in [-0.3, -0.25) is 4.79 Å². The maximum Gasteiger partial charge on any atom is 0.350 e. The standard InChI is InChI=1S/C16H15N3O5S/c1-8(20)18-15-19-11-5-4-9(6-12(11)25-15)17-7-10-13(21)23-16(2,3)24-14(10)22/h4-7,17H,1-3H3,(H,18,19,20). The molecule has 1 aliphatic heterocycles. The van der Waals surface area contributed by atoms with Crippen molar-refractivity contribution in [3.05, 3.63) is 30.0 Å². The van der Waals surface area contributed by atoms with Gasteiger partial charge in [-0.05, 0) is 18.2 Å². The first-order valence-electron chi connectivity index (χ1n) is 7.35. The van der Waals surface area contributed by atoms with Crippen LogP contribution in [-0.4, -0.2) is 28.6 Å². The second-order valence-electron chi connectivity index (χ2n) is 5.76. The molecule has 1 aromatic carbocycles. The molecule has 0 atom stereocenters. The molecule has 130 valence electrons. The van der Waals surface area contributed by atoms with E-state index in [1.54, 1.807) is 18.2 Å². The highest BCUT2D eigenvalue weighted by Crippen LogP contribution is 2.29. The van der Waals surface area contributed by atoms with Crippen LogP contribution in [0.4, 0.5) is 10.8 Å². The molecular weight excluding hydrogens is 346 g/mol. The minimum atomic E-state index is -1.27. The highest BCUT2D eigenvalue weighted by molar-refractivity contribution is 7.22. The fourth-order valence-electron chi connectivity index (χ4n) is 2.15. The molecule has 8 nitrogen and oxygen atoms in total. The summed E-state index contributed by atoms with van der Waals surface area (Å²) in [4.78, 5) is 39.1. The molecule has 0 spiro atoms. The first-order valence-corrected chi connectivity index (χ1v) is 8.17. The van der Waals surface area contributed by atoms with Crippen molar-refractivity contribution in [3.63, 3.8) is 0 Å². The van der Waals surface area contributed by atoms with E-state index in [4.69, 9.17) is 9.47 Å². The maximum absolute atomic E-state index is 11.9. The number of anilines is 2. The number of esters is 2. The van der Waals surface area contributed by atoms with Crippen molar-refractivity contribution in [2.24, 2.45) is 0 Å². The van der Waals surface area contributed by atoms with Crippen LogP contribution < -0.4 is 10.6 Å². The molecule has 2 heterocycles. The van der Waals surface area contributed by atoms with E-state index in [0.29, 0.717) is 10.8 Å². The molecule has 1 fully saturated rings. The first kappa shape index (κ1) is 16.9. The second-order valence-corrected chi connectivity index (χ2v) is 6.79. The van der Waals surface area contributed by atoms with E-state index >= 15 is 0 Å². The highest BCUT2D eigenvalue weighted by atomic mass is 32.1. The molecule has 0 unspecified atom stereocenters. The number of carbonyl (C=O) groups excluding carboxylic acids is 3. The number of cyclic esters (lactones) is 2. The molecule has 9 heteroatoms. The average Bonchev–Trinajstić information content (AvgIpc) is 2.85. The smallest absolute Gasteiger partial charge is 0.350 e. The number of carbonyl (C=O) groups is 3. The van der Waals surface area contributed by atoms with Crippen LogP contribution in [0.3, 0.4) is 0 Å². The summed E-state index contributed by atoms with van der Waals surface area (Å²) in [7, 11) is 0. The Morgan fingerprint density at radius 3 is 2.56 bits per heavy atom. The fourth-order valence-corrected chi connectivity index (χ4v) is 3.10. The van der Waals surface area contributed by atoms with Gasteiger partial charge < -0.3 is 20.1 Å². The Kier molecular flexibility index (Phi) is 4.17. The van der Waals surface area contributed by atoms with E-state index < -0.39 is 17.7 Å². The zero-order valence-electron chi connectivity index (χ0n) is 13.7. The number of ether oxygens (including phenoxy) is 2. The lowest BCUT2D eigenvalue weighted by molar-refractivity contribution is -0.222. The number of nitrogens with zero attached hydrogens (tertiary/aromatic N) is 1. The second kappa shape index (κ2) is 6.17. The summed E-state index contributed by atoms with van der Waals surface area (Å²) in [6.07, 6.45) is 1.25. The molecule has 1 aliphatic rings. The van der Waals surface area contributed by atoms with E-state index in [-0.39, 0.29) is 11.5 Å². The Hall–Kier alpha value is -2.94. The third-order valence-electron chi connectivity index (χ3n) is 3.17. The summed E-state index contributed by atoms with van der Waals surface area (Å²) in [5.74, 6) is -2.96. The number of fused-ring (bicyclic) bond motifs is 1. The summed E-state index contributed by atoms with van der Waals surface area (Å²) < 4.78 is 10.9. The molecule has 1 amide bonds. The van der Waals surface area contributed by atoms with Gasteiger partial charge in [-0.2, -0.15) is 0 Å². The Morgan fingerprint density at radius 2 is 1.92 bits per heavy atom. The number of hydrogen-bond acceptors (Lipinski definition) is 8. The molecule has 0 aliphatic carbocycles. The lowest BCUT2D eigenvalue weighted by Gasteiger charge is -2.29. The summed E-state index contributed by atoms with van der Waals surface area (Å²) in [6, 6.07) is 5.29. The third-order valence-corrected chi connectivity index (χ3v) is 4.10. The van der Waals surface area contributed by atoms with Crippen molar-refractivity contribution < 1.29 is 23.9 Å². The molecule has 1 saturated heterocycles. The van der Waals surface area contributed by atoms with Gasteiger partial charge in [0.2, 0.25) is 5.91 Å². The molecule has 2 aromatic rings. The molecule has 3 rings (SSSR count). The van der Waals surface area contributed by atoms with Gasteiger partial charge in [0.1, 0.15) is 0 Å². The average molecular weight is 361 g/mol. The van der Waals surface area contributed by atoms with Gasteiger partial charge >= 0.3 is 11.9 Å². The largest absolute Gasteiger partial charge is 0.419 e. The minimum Gasteiger partial charge on any atom is -0.419 e. The molecular formula is C16H15N3O5S. The number of hydrogen-bond donors (Lipinski definition) is 2. The van der Waals surface area contributed by atoms with Gasteiger partial charge in [0.15, 0.2) is 10.7 Å². The maximum atomic E-state index is 11.9. The van der Waals surface area contributed by atoms with Crippen molar-refractivity contribution in [3.8, 4) is 0 Å². The van der Waals surface area contributed by atoms with Crippen LogP contribution in [-0.2, 0) is 23.9 Å². The molecule has 0 radical (unpaired) electrons. The van der Waals surface area contributed by atoms with Crippen LogP contribution >= 0.6 is 11.3 Å². The quantitative estimate of drug-likeness (QED) is 0.491. The van der Waals surface area contributed by atoms with E-state index in [1.807, 2.05) is 0 Å². The van der Waals surface area contributed by atoms with Crippen LogP contribution in [0.5, 0.6) is 0 Å². The van der Waals surface area contributed by atoms with Gasteiger partial charge in [-0.1, -0.05) is 11.3 Å². The van der Waals surface area contributed by atoms with Crippen molar-refractivity contribution in [2.75, 3.05) is 10.6 Å². The van der Waals surface area contributed by atoms with E-state index in [0.717, 1.165) is 10.2 Å². The zero-order chi connectivity index (χ0) is 18.2. The van der Waals surface area contributed by atoms with Crippen molar-refractivity contribution >= 4 is 50.2 Å². The summed E-state index contributed by atoms with van der Waals surface area (Å²) >= 11 is 1.32. The summed E-state index contributed by atoms with van der Waals surface area (Å²) in [5.41, 5.74) is 1.15. The van der Waals surface area contributed by atoms with Gasteiger partial charge in [-0.15, -0.1) is 0 Å². The monoisotopic (exact) mass is 361 g/mol. The van der Waals surface area contributed by atoms with Gasteiger partial charge in [0, 0.05) is 32.7 Å². The number of aromatic nitrogens is 1. The predicted molar refractivity (Wildman–Crippen MR) is 91.9 cm³/mol. The predicted octanol–water partition coefficient (Wildman–Crippen LogP) is 2.39. The Morgan fingerprint density at radius 1 is 1.24 bits per heavy atom. The number of rotatable bonds is 3. The first-order chi connectivity index (χ1) is 11.7. The Labute approximate surface area is 146 Å². The van der Waals surface area contributed by atoms with Gasteiger partial charge in [0.05, 0.1) is 10.2 Å². The summed E-state index contributed by atoms with van der Waals surface area (Å²) in [6.45, 7) is 4.38. The van der Waals surface area contributed by atoms with E-state index in [9.17, 15) is 14.4 Å². The molecule has 1 aromatic heterocycles. The van der Waals surface area contributed by atoms with Gasteiger partial charge in [0.25, 0.3) is 5.79 Å². The molecule has 25 heavy (non-hydrogen) atoms. The third kappa shape index (κ3) is 3.77. The van der Waals surface area contributed by atoms with Gasteiger partial charge in [-0.25, -0.2) is 14.6 Å². The van der Waals surface area contributed by atoms with Crippen LogP contribution in [0.25, 0.3) is 10.2 Å². The normalized spacial score (nSPS) is 16.2. The zero-order valence-corrected chi connectivity index (χ0v) is 14.5. The number of nitrogens with one attached hydrogen (secondary N) is 2. The highest BCUT2D eigenvalue weighted by Gasteiger charge is 2.38. The van der Waals surface area contributed by atoms with Crippen LogP contribution in [0.1, 0.15) is 20.8 Å². The van der Waals surface area contributed by atoms with Crippen molar-refractivity contribution in [1.82, 2.24) is 4.98 Å². The van der Waals surface area contributed by atoms with Crippen molar-refractivity contribution in [2.45, 2.75) is 26.6 Å². The minimum absolute atomic E-state index is 0.195. The fraction of sp³-hybridized carbons (Fsp3) is 0.250. The van der Waals surface area contributed by atoms with Crippen LogP contribution in [0, 0.1) is 0 Å². The Bertz CT molecular complexity index is 894. The lowest BCUT2D eigenvalue weighted by atomic mass is 10.2. The number of benzene rings is 1.